The van der Waals surface area contributed by atoms with Crippen molar-refractivity contribution in [3.8, 4) is 22.8 Å². The Bertz CT molecular complexity index is 1360. The van der Waals surface area contributed by atoms with Gasteiger partial charge in [0.1, 0.15) is 6.61 Å². The molecule has 6 nitrogen and oxygen atoms in total. The third-order valence-electron chi connectivity index (χ3n) is 4.91. The van der Waals surface area contributed by atoms with Crippen LogP contribution < -0.4 is 14.9 Å². The van der Waals surface area contributed by atoms with Crippen molar-refractivity contribution in [2.45, 2.75) is 17.9 Å². The van der Waals surface area contributed by atoms with Crippen LogP contribution in [0.5, 0.6) is 11.5 Å². The minimum atomic E-state index is -0.212. The van der Waals surface area contributed by atoms with E-state index in [2.05, 4.69) is 47.4 Å². The molecule has 0 saturated heterocycles. The van der Waals surface area contributed by atoms with Crippen molar-refractivity contribution in [1.29, 1.82) is 0 Å². The zero-order valence-electron chi connectivity index (χ0n) is 19.8. The van der Waals surface area contributed by atoms with Crippen molar-refractivity contribution in [2.75, 3.05) is 12.4 Å². The number of hydrazone groups is 1. The molecule has 1 aromatic heterocycles. The molecular formula is C27H23Br2N3O3S2. The molecule has 1 N–H and O–H groups in total. The van der Waals surface area contributed by atoms with E-state index in [1.807, 2.05) is 79.0 Å². The molecule has 190 valence electrons. The minimum absolute atomic E-state index is 0.212. The largest absolute Gasteiger partial charge is 0.490 e. The summed E-state index contributed by atoms with van der Waals surface area (Å²) in [6, 6.07) is 21.6. The minimum Gasteiger partial charge on any atom is -0.490 e. The Hall–Kier alpha value is -2.66. The van der Waals surface area contributed by atoms with Crippen LogP contribution in [0.15, 0.2) is 90.5 Å². The van der Waals surface area contributed by atoms with Crippen LogP contribution in [0.3, 0.4) is 0 Å². The monoisotopic (exact) mass is 659 g/mol. The number of hydrogen-bond donors (Lipinski definition) is 1. The molecule has 4 rings (SSSR count). The van der Waals surface area contributed by atoms with Gasteiger partial charge in [0.15, 0.2) is 15.8 Å². The molecule has 0 radical (unpaired) electrons. The highest BCUT2D eigenvalue weighted by Crippen LogP contribution is 2.37. The summed E-state index contributed by atoms with van der Waals surface area (Å²) in [5, 5.41) is 6.10. The molecule has 0 aliphatic carbocycles. The molecule has 0 aliphatic heterocycles. The fourth-order valence-electron chi connectivity index (χ4n) is 3.21. The van der Waals surface area contributed by atoms with E-state index in [1.165, 1.54) is 23.1 Å². The predicted molar refractivity (Wildman–Crippen MR) is 158 cm³/mol. The van der Waals surface area contributed by atoms with Crippen molar-refractivity contribution in [2.24, 2.45) is 5.10 Å². The van der Waals surface area contributed by atoms with Crippen LogP contribution in [-0.2, 0) is 11.4 Å². The lowest BCUT2D eigenvalue weighted by atomic mass is 10.2. The van der Waals surface area contributed by atoms with Crippen molar-refractivity contribution in [3.05, 3.63) is 92.2 Å². The van der Waals surface area contributed by atoms with E-state index >= 15 is 0 Å². The van der Waals surface area contributed by atoms with Crippen LogP contribution in [0.2, 0.25) is 0 Å². The van der Waals surface area contributed by atoms with Gasteiger partial charge in [-0.1, -0.05) is 70.2 Å². The van der Waals surface area contributed by atoms with Gasteiger partial charge >= 0.3 is 0 Å². The number of ether oxygens (including phenoxy) is 2. The lowest BCUT2D eigenvalue weighted by Crippen LogP contribution is -2.19. The van der Waals surface area contributed by atoms with Gasteiger partial charge in [-0.2, -0.15) is 5.10 Å². The second-order valence-corrected chi connectivity index (χ2v) is 11.5. The summed E-state index contributed by atoms with van der Waals surface area (Å²) in [6.07, 6.45) is 1.57. The van der Waals surface area contributed by atoms with E-state index in [9.17, 15) is 4.79 Å². The molecule has 0 fully saturated rings. The average Bonchev–Trinajstić information content (AvgIpc) is 3.38. The molecular weight excluding hydrogens is 638 g/mol. The summed E-state index contributed by atoms with van der Waals surface area (Å²) in [5.41, 5.74) is 6.33. The van der Waals surface area contributed by atoms with Gasteiger partial charge in [-0.25, -0.2) is 10.4 Å². The van der Waals surface area contributed by atoms with Crippen LogP contribution in [0.4, 0.5) is 0 Å². The first-order valence-corrected chi connectivity index (χ1v) is 14.8. The lowest BCUT2D eigenvalue weighted by Gasteiger charge is -2.14. The van der Waals surface area contributed by atoms with Gasteiger partial charge in [-0.15, -0.1) is 11.3 Å². The van der Waals surface area contributed by atoms with Gasteiger partial charge in [0, 0.05) is 15.4 Å². The quantitative estimate of drug-likeness (QED) is 0.102. The number of rotatable bonds is 11. The zero-order valence-corrected chi connectivity index (χ0v) is 24.6. The number of amides is 1. The topological polar surface area (TPSA) is 72.8 Å². The van der Waals surface area contributed by atoms with Crippen LogP contribution >= 0.6 is 55.0 Å². The van der Waals surface area contributed by atoms with Crippen molar-refractivity contribution < 1.29 is 14.3 Å². The average molecular weight is 661 g/mol. The molecule has 0 atom stereocenters. The number of thioether (sulfide) groups is 1. The highest BCUT2D eigenvalue weighted by Gasteiger charge is 2.13. The number of carbonyl (C=O) groups excluding carboxylic acids is 1. The Morgan fingerprint density at radius 3 is 2.65 bits per heavy atom. The fourth-order valence-corrected chi connectivity index (χ4v) is 5.67. The van der Waals surface area contributed by atoms with Crippen LogP contribution in [0, 0.1) is 0 Å². The summed E-state index contributed by atoms with van der Waals surface area (Å²) in [5.74, 6) is 1.21. The molecule has 0 spiro atoms. The molecule has 0 aliphatic rings. The van der Waals surface area contributed by atoms with Gasteiger partial charge in [-0.3, -0.25) is 4.79 Å². The number of benzene rings is 3. The number of halogens is 2. The van der Waals surface area contributed by atoms with E-state index in [0.29, 0.717) is 24.7 Å². The number of nitrogens with zero attached hydrogens (tertiary/aromatic N) is 2. The van der Waals surface area contributed by atoms with Crippen molar-refractivity contribution >= 4 is 67.1 Å². The van der Waals surface area contributed by atoms with Crippen LogP contribution in [0.1, 0.15) is 18.1 Å². The standard InChI is InChI=1S/C27H23Br2N3O3S2/c1-2-34-24-13-19(12-22(29)26(24)35-15-18-8-10-21(28)11-9-18)14-30-32-25(33)17-37-27-31-23(16-36-27)20-6-4-3-5-7-20/h3-14,16H,2,15,17H2,1H3,(H,32,33)/b30-14+. The molecule has 0 bridgehead atoms. The maximum absolute atomic E-state index is 12.3. The molecule has 1 amide bonds. The van der Waals surface area contributed by atoms with Crippen molar-refractivity contribution in [3.63, 3.8) is 0 Å². The number of thiazole rings is 1. The number of hydrogen-bond acceptors (Lipinski definition) is 7. The van der Waals surface area contributed by atoms with Gasteiger partial charge in [0.25, 0.3) is 5.91 Å². The van der Waals surface area contributed by atoms with E-state index in [-0.39, 0.29) is 11.7 Å². The highest BCUT2D eigenvalue weighted by atomic mass is 79.9. The SMILES string of the molecule is CCOc1cc(/C=N/NC(=O)CSc2nc(-c3ccccc3)cs2)cc(Br)c1OCc1ccc(Br)cc1. The van der Waals surface area contributed by atoms with E-state index in [4.69, 9.17) is 9.47 Å². The third kappa shape index (κ3) is 8.16. The first-order chi connectivity index (χ1) is 18.0. The molecule has 1 heterocycles. The van der Waals surface area contributed by atoms with Gasteiger partial charge < -0.3 is 9.47 Å². The summed E-state index contributed by atoms with van der Waals surface area (Å²) >= 11 is 9.92. The van der Waals surface area contributed by atoms with Gasteiger partial charge in [-0.05, 0) is 58.2 Å². The normalized spacial score (nSPS) is 11.0. The Balaban J connectivity index is 1.32. The maximum Gasteiger partial charge on any atom is 0.250 e. The molecule has 0 unspecified atom stereocenters. The third-order valence-corrected chi connectivity index (χ3v) is 8.05. The Morgan fingerprint density at radius 2 is 1.89 bits per heavy atom. The van der Waals surface area contributed by atoms with Crippen molar-refractivity contribution in [1.82, 2.24) is 10.4 Å². The van der Waals surface area contributed by atoms with E-state index < -0.39 is 0 Å². The summed E-state index contributed by atoms with van der Waals surface area (Å²) in [7, 11) is 0. The fraction of sp³-hybridized carbons (Fsp3) is 0.148. The zero-order chi connectivity index (χ0) is 26.0. The highest BCUT2D eigenvalue weighted by molar-refractivity contribution is 9.10. The summed E-state index contributed by atoms with van der Waals surface area (Å²) in [6.45, 7) is 2.80. The van der Waals surface area contributed by atoms with Crippen LogP contribution in [0.25, 0.3) is 11.3 Å². The smallest absolute Gasteiger partial charge is 0.250 e. The maximum atomic E-state index is 12.3. The first-order valence-electron chi connectivity index (χ1n) is 11.3. The molecule has 4 aromatic rings. The van der Waals surface area contributed by atoms with Gasteiger partial charge in [0.2, 0.25) is 0 Å². The Labute approximate surface area is 240 Å². The number of aromatic nitrogens is 1. The Morgan fingerprint density at radius 1 is 1.11 bits per heavy atom. The summed E-state index contributed by atoms with van der Waals surface area (Å²) in [4.78, 5) is 16.9. The second-order valence-electron chi connectivity index (χ2n) is 7.62. The Kier molecular flexibility index (Phi) is 10.2. The molecule has 10 heteroatoms. The van der Waals surface area contributed by atoms with Crippen LogP contribution in [-0.4, -0.2) is 29.5 Å². The molecule has 37 heavy (non-hydrogen) atoms. The summed E-state index contributed by atoms with van der Waals surface area (Å²) < 4.78 is 14.4. The number of nitrogens with one attached hydrogen (secondary N) is 1. The predicted octanol–water partition coefficient (Wildman–Crippen LogP) is 7.56. The number of carbonyl (C=O) groups is 1. The second kappa shape index (κ2) is 13.8. The first kappa shape index (κ1) is 27.4. The molecule has 3 aromatic carbocycles. The van der Waals surface area contributed by atoms with E-state index in [0.717, 1.165) is 35.7 Å². The molecule has 0 saturated carbocycles. The lowest BCUT2D eigenvalue weighted by molar-refractivity contribution is -0.118. The van der Waals surface area contributed by atoms with E-state index in [1.54, 1.807) is 6.21 Å². The van der Waals surface area contributed by atoms with Gasteiger partial charge in [0.05, 0.1) is 28.7 Å².